The van der Waals surface area contributed by atoms with Gasteiger partial charge in [-0.1, -0.05) is 23.7 Å². The molecule has 0 aliphatic carbocycles. The van der Waals surface area contributed by atoms with Gasteiger partial charge < -0.3 is 10.6 Å². The lowest BCUT2D eigenvalue weighted by atomic mass is 10.1. The summed E-state index contributed by atoms with van der Waals surface area (Å²) in [7, 11) is 0. The molecular formula is C26H25ClN6O. The molecule has 4 heterocycles. The zero-order valence-electron chi connectivity index (χ0n) is 18.6. The van der Waals surface area contributed by atoms with Gasteiger partial charge in [0.2, 0.25) is 0 Å². The van der Waals surface area contributed by atoms with Gasteiger partial charge in [-0.3, -0.25) is 14.7 Å². The maximum Gasteiger partial charge on any atom is 0.269 e. The monoisotopic (exact) mass is 472 g/mol. The highest BCUT2D eigenvalue weighted by molar-refractivity contribution is 6.31. The number of hydrogen-bond donors (Lipinski definition) is 2. The fourth-order valence-electron chi connectivity index (χ4n) is 4.34. The van der Waals surface area contributed by atoms with Crippen molar-refractivity contribution in [2.45, 2.75) is 18.9 Å². The van der Waals surface area contributed by atoms with E-state index in [4.69, 9.17) is 11.6 Å². The molecule has 1 aliphatic rings. The molecule has 1 fully saturated rings. The molecule has 172 valence electrons. The molecule has 5 rings (SSSR count). The van der Waals surface area contributed by atoms with Gasteiger partial charge in [0, 0.05) is 35.5 Å². The molecule has 1 unspecified atom stereocenters. The van der Waals surface area contributed by atoms with Crippen LogP contribution in [0.3, 0.4) is 0 Å². The summed E-state index contributed by atoms with van der Waals surface area (Å²) in [6, 6.07) is 15.3. The Morgan fingerprint density at radius 1 is 1.03 bits per heavy atom. The van der Waals surface area contributed by atoms with E-state index in [9.17, 15) is 4.79 Å². The van der Waals surface area contributed by atoms with E-state index in [1.807, 2.05) is 42.6 Å². The van der Waals surface area contributed by atoms with Gasteiger partial charge in [-0.15, -0.1) is 0 Å². The van der Waals surface area contributed by atoms with Crippen molar-refractivity contribution in [3.05, 3.63) is 89.6 Å². The molecule has 0 saturated carbocycles. The summed E-state index contributed by atoms with van der Waals surface area (Å²) < 4.78 is 0. The van der Waals surface area contributed by atoms with Crippen LogP contribution >= 0.6 is 11.6 Å². The molecule has 7 nitrogen and oxygen atoms in total. The van der Waals surface area contributed by atoms with E-state index in [-0.39, 0.29) is 11.9 Å². The number of amides is 1. The van der Waals surface area contributed by atoms with Crippen LogP contribution in [0.25, 0.3) is 10.8 Å². The lowest BCUT2D eigenvalue weighted by Gasteiger charge is -2.27. The largest absolute Gasteiger partial charge is 0.349 e. The highest BCUT2D eigenvalue weighted by Gasteiger charge is 2.24. The normalized spacial score (nSPS) is 14.7. The van der Waals surface area contributed by atoms with E-state index in [0.29, 0.717) is 23.1 Å². The van der Waals surface area contributed by atoms with Crippen LogP contribution in [0.15, 0.2) is 73.3 Å². The number of likely N-dealkylation sites (tertiary alicyclic amines) is 1. The van der Waals surface area contributed by atoms with Crippen LogP contribution in [-0.4, -0.2) is 45.4 Å². The number of halogens is 1. The summed E-state index contributed by atoms with van der Waals surface area (Å²) in [6.45, 7) is 2.57. The van der Waals surface area contributed by atoms with E-state index in [2.05, 4.69) is 36.6 Å². The Labute approximate surface area is 203 Å². The summed E-state index contributed by atoms with van der Waals surface area (Å²) in [5.74, 6) is 0.485. The fraction of sp³-hybridized carbons (Fsp3) is 0.231. The number of aromatic nitrogens is 3. The summed E-state index contributed by atoms with van der Waals surface area (Å²) in [5, 5.41) is 8.92. The Bertz CT molecular complexity index is 1280. The number of rotatable bonds is 7. The van der Waals surface area contributed by atoms with Crippen LogP contribution in [0.1, 0.15) is 34.9 Å². The molecule has 1 aliphatic heterocycles. The predicted molar refractivity (Wildman–Crippen MR) is 134 cm³/mol. The average Bonchev–Trinajstić information content (AvgIpc) is 3.40. The quantitative estimate of drug-likeness (QED) is 0.394. The molecule has 2 N–H and O–H groups in total. The number of fused-ring (bicyclic) bond motifs is 1. The smallest absolute Gasteiger partial charge is 0.269 e. The summed E-state index contributed by atoms with van der Waals surface area (Å²) in [5.41, 5.74) is 2.22. The SMILES string of the molecule is O=C(NCC(c1cccnc1)N1CCCC1)c1ccc(Nc2nccc3ccc(Cl)cc23)cn1. The van der Waals surface area contributed by atoms with Gasteiger partial charge in [-0.2, -0.15) is 0 Å². The van der Waals surface area contributed by atoms with Gasteiger partial charge in [-0.05, 0) is 73.3 Å². The molecule has 0 bridgehead atoms. The number of anilines is 2. The highest BCUT2D eigenvalue weighted by atomic mass is 35.5. The summed E-state index contributed by atoms with van der Waals surface area (Å²) in [4.78, 5) is 28.3. The first kappa shape index (κ1) is 22.3. The lowest BCUT2D eigenvalue weighted by molar-refractivity contribution is 0.0933. The Balaban J connectivity index is 1.26. The number of carbonyl (C=O) groups excluding carboxylic acids is 1. The first-order valence-corrected chi connectivity index (χ1v) is 11.7. The third-order valence-electron chi connectivity index (χ3n) is 6.09. The standard InChI is InChI=1S/C26H25ClN6O/c27-20-6-5-18-9-11-29-25(22(18)14-20)32-21-7-8-23(30-16-21)26(34)31-17-24(33-12-1-2-13-33)19-4-3-10-28-15-19/h3-11,14-16,24H,1-2,12-13,17H2,(H,29,32)(H,31,34). The van der Waals surface area contributed by atoms with Crippen molar-refractivity contribution in [3.8, 4) is 0 Å². The summed E-state index contributed by atoms with van der Waals surface area (Å²) in [6.07, 6.45) is 9.39. The van der Waals surface area contributed by atoms with Crippen molar-refractivity contribution in [1.29, 1.82) is 0 Å². The van der Waals surface area contributed by atoms with Crippen molar-refractivity contribution >= 4 is 39.8 Å². The van der Waals surface area contributed by atoms with E-state index in [1.54, 1.807) is 24.7 Å². The number of pyridine rings is 3. The molecule has 1 atom stereocenters. The number of carbonyl (C=O) groups is 1. The number of benzene rings is 1. The van der Waals surface area contributed by atoms with E-state index in [1.165, 1.54) is 12.8 Å². The van der Waals surface area contributed by atoms with Crippen molar-refractivity contribution in [1.82, 2.24) is 25.2 Å². The molecule has 4 aromatic rings. The second kappa shape index (κ2) is 10.2. The fourth-order valence-corrected chi connectivity index (χ4v) is 4.52. The molecular weight excluding hydrogens is 448 g/mol. The van der Waals surface area contributed by atoms with Gasteiger partial charge in [0.1, 0.15) is 11.5 Å². The Morgan fingerprint density at radius 2 is 1.91 bits per heavy atom. The molecule has 1 saturated heterocycles. The predicted octanol–water partition coefficient (Wildman–Crippen LogP) is 4.99. The minimum absolute atomic E-state index is 0.102. The Kier molecular flexibility index (Phi) is 6.65. The zero-order chi connectivity index (χ0) is 23.3. The second-order valence-corrected chi connectivity index (χ2v) is 8.77. The number of hydrogen-bond acceptors (Lipinski definition) is 6. The van der Waals surface area contributed by atoms with Crippen LogP contribution in [0.4, 0.5) is 11.5 Å². The number of nitrogens with zero attached hydrogens (tertiary/aromatic N) is 4. The van der Waals surface area contributed by atoms with E-state index >= 15 is 0 Å². The minimum atomic E-state index is -0.199. The van der Waals surface area contributed by atoms with Crippen LogP contribution in [0, 0.1) is 0 Å². The average molecular weight is 473 g/mol. The van der Waals surface area contributed by atoms with Gasteiger partial charge in [-0.25, -0.2) is 9.97 Å². The first-order chi connectivity index (χ1) is 16.7. The highest BCUT2D eigenvalue weighted by Crippen LogP contribution is 2.27. The number of nitrogens with one attached hydrogen (secondary N) is 2. The van der Waals surface area contributed by atoms with Gasteiger partial charge in [0.05, 0.1) is 17.9 Å². The minimum Gasteiger partial charge on any atom is -0.349 e. The van der Waals surface area contributed by atoms with Crippen molar-refractivity contribution in [3.63, 3.8) is 0 Å². The maximum atomic E-state index is 12.8. The van der Waals surface area contributed by atoms with Crippen molar-refractivity contribution in [2.75, 3.05) is 25.0 Å². The molecule has 1 amide bonds. The van der Waals surface area contributed by atoms with E-state index < -0.39 is 0 Å². The molecule has 3 aromatic heterocycles. The second-order valence-electron chi connectivity index (χ2n) is 8.34. The van der Waals surface area contributed by atoms with Crippen LogP contribution in [0.2, 0.25) is 5.02 Å². The molecule has 8 heteroatoms. The molecule has 1 aromatic carbocycles. The van der Waals surface area contributed by atoms with Crippen molar-refractivity contribution in [2.24, 2.45) is 0 Å². The van der Waals surface area contributed by atoms with Gasteiger partial charge in [0.15, 0.2) is 0 Å². The van der Waals surface area contributed by atoms with Crippen LogP contribution in [0.5, 0.6) is 0 Å². The van der Waals surface area contributed by atoms with Gasteiger partial charge >= 0.3 is 0 Å². The molecule has 34 heavy (non-hydrogen) atoms. The van der Waals surface area contributed by atoms with Gasteiger partial charge in [0.25, 0.3) is 5.91 Å². The molecule has 0 radical (unpaired) electrons. The third kappa shape index (κ3) is 5.00. The maximum absolute atomic E-state index is 12.8. The van der Waals surface area contributed by atoms with Crippen molar-refractivity contribution < 1.29 is 4.79 Å². The molecule has 0 spiro atoms. The topological polar surface area (TPSA) is 83.0 Å². The first-order valence-electron chi connectivity index (χ1n) is 11.4. The Hall–Kier alpha value is -3.55. The zero-order valence-corrected chi connectivity index (χ0v) is 19.4. The lowest BCUT2D eigenvalue weighted by Crippen LogP contribution is -2.37. The van der Waals surface area contributed by atoms with Crippen LogP contribution in [-0.2, 0) is 0 Å². The summed E-state index contributed by atoms with van der Waals surface area (Å²) >= 11 is 6.16. The Morgan fingerprint density at radius 3 is 2.68 bits per heavy atom. The third-order valence-corrected chi connectivity index (χ3v) is 6.33. The van der Waals surface area contributed by atoms with E-state index in [0.717, 1.165) is 35.1 Å². The van der Waals surface area contributed by atoms with Crippen LogP contribution < -0.4 is 10.6 Å².